The summed E-state index contributed by atoms with van der Waals surface area (Å²) in [6, 6.07) is 8.17. The maximum atomic E-state index is 13.4. The van der Waals surface area contributed by atoms with Crippen LogP contribution in [0.5, 0.6) is 0 Å². The van der Waals surface area contributed by atoms with Gasteiger partial charge in [-0.2, -0.15) is 0 Å². The van der Waals surface area contributed by atoms with Crippen molar-refractivity contribution in [1.82, 2.24) is 9.88 Å². The Balaban J connectivity index is 1.59. The van der Waals surface area contributed by atoms with Gasteiger partial charge in [-0.25, -0.2) is 14.2 Å². The molecule has 2 N–H and O–H groups in total. The first kappa shape index (κ1) is 15.8. The average Bonchev–Trinajstić information content (AvgIpc) is 3.21. The van der Waals surface area contributed by atoms with Crippen molar-refractivity contribution >= 4 is 49.5 Å². The van der Waals surface area contributed by atoms with Crippen molar-refractivity contribution in [3.63, 3.8) is 0 Å². The number of thiazole rings is 1. The number of halogens is 1. The summed E-state index contributed by atoms with van der Waals surface area (Å²) in [4.78, 5) is 29.0. The van der Waals surface area contributed by atoms with Gasteiger partial charge < -0.3 is 15.3 Å². The number of aromatic nitrogens is 1. The summed E-state index contributed by atoms with van der Waals surface area (Å²) in [5.41, 5.74) is 0.734. The molecule has 1 atom stereocenters. The molecule has 8 heteroatoms. The second-order valence-electron chi connectivity index (χ2n) is 6.00. The number of hydrogen-bond donors (Lipinski definition) is 2. The third-order valence-electron chi connectivity index (χ3n) is 4.39. The molecular formula is C17H14FN3O3S. The predicted molar refractivity (Wildman–Crippen MR) is 93.4 cm³/mol. The van der Waals surface area contributed by atoms with Crippen molar-refractivity contribution in [2.24, 2.45) is 5.92 Å². The molecule has 6 nitrogen and oxygen atoms in total. The van der Waals surface area contributed by atoms with Gasteiger partial charge in [-0.05, 0) is 36.1 Å². The van der Waals surface area contributed by atoms with Gasteiger partial charge >= 0.3 is 6.09 Å². The maximum absolute atomic E-state index is 13.4. The van der Waals surface area contributed by atoms with Gasteiger partial charge in [-0.15, -0.1) is 0 Å². The molecular weight excluding hydrogens is 345 g/mol. The fourth-order valence-corrected chi connectivity index (χ4v) is 4.10. The van der Waals surface area contributed by atoms with Crippen LogP contribution in [0.4, 0.5) is 14.3 Å². The van der Waals surface area contributed by atoms with Crippen molar-refractivity contribution in [3.8, 4) is 0 Å². The Morgan fingerprint density at radius 1 is 1.32 bits per heavy atom. The van der Waals surface area contributed by atoms with E-state index in [4.69, 9.17) is 5.11 Å². The summed E-state index contributed by atoms with van der Waals surface area (Å²) in [6.45, 7) is 0.567. The molecule has 0 aliphatic carbocycles. The summed E-state index contributed by atoms with van der Waals surface area (Å²) in [6.07, 6.45) is -0.500. The number of hydrogen-bond acceptors (Lipinski definition) is 4. The number of carbonyl (C=O) groups is 2. The highest BCUT2D eigenvalue weighted by Crippen LogP contribution is 2.33. The molecule has 0 radical (unpaired) electrons. The molecule has 2 heterocycles. The fourth-order valence-electron chi connectivity index (χ4n) is 3.09. The van der Waals surface area contributed by atoms with Crippen molar-refractivity contribution < 1.29 is 19.1 Å². The molecule has 1 aliphatic heterocycles. The van der Waals surface area contributed by atoms with Crippen LogP contribution in [0, 0.1) is 11.7 Å². The third kappa shape index (κ3) is 2.89. The van der Waals surface area contributed by atoms with E-state index < -0.39 is 6.09 Å². The monoisotopic (exact) mass is 359 g/mol. The summed E-state index contributed by atoms with van der Waals surface area (Å²) in [7, 11) is 0. The second-order valence-corrected chi connectivity index (χ2v) is 7.00. The van der Waals surface area contributed by atoms with Gasteiger partial charge in [0.25, 0.3) is 0 Å². The van der Waals surface area contributed by atoms with Crippen molar-refractivity contribution in [3.05, 3.63) is 36.1 Å². The number of anilines is 1. The molecule has 1 saturated heterocycles. The Morgan fingerprint density at radius 2 is 2.16 bits per heavy atom. The normalized spacial score (nSPS) is 17.3. The summed E-state index contributed by atoms with van der Waals surface area (Å²) < 4.78 is 14.2. The van der Waals surface area contributed by atoms with Crippen LogP contribution in [-0.2, 0) is 4.79 Å². The van der Waals surface area contributed by atoms with Crippen LogP contribution in [0.1, 0.15) is 6.42 Å². The lowest BCUT2D eigenvalue weighted by Gasteiger charge is -2.11. The average molecular weight is 359 g/mol. The van der Waals surface area contributed by atoms with E-state index in [2.05, 4.69) is 10.3 Å². The SMILES string of the molecule is O=C(Nc1nc2ccc3cc(F)ccc3c2s1)C1CCN(C(=O)O)C1. The topological polar surface area (TPSA) is 82.5 Å². The fraction of sp³-hybridized carbons (Fsp3) is 0.235. The van der Waals surface area contributed by atoms with Crippen LogP contribution < -0.4 is 5.32 Å². The quantitative estimate of drug-likeness (QED) is 0.733. The van der Waals surface area contributed by atoms with Gasteiger partial charge in [-0.1, -0.05) is 17.4 Å². The third-order valence-corrected chi connectivity index (χ3v) is 5.41. The van der Waals surface area contributed by atoms with Crippen LogP contribution in [0.25, 0.3) is 21.0 Å². The predicted octanol–water partition coefficient (Wildman–Crippen LogP) is 3.53. The first-order valence-electron chi connectivity index (χ1n) is 7.79. The highest BCUT2D eigenvalue weighted by atomic mass is 32.1. The molecule has 1 aliphatic rings. The molecule has 1 aromatic heterocycles. The van der Waals surface area contributed by atoms with Gasteiger partial charge in [0, 0.05) is 18.5 Å². The number of carbonyl (C=O) groups excluding carboxylic acids is 1. The van der Waals surface area contributed by atoms with E-state index in [1.807, 2.05) is 0 Å². The van der Waals surface area contributed by atoms with Crippen LogP contribution in [0.15, 0.2) is 30.3 Å². The van der Waals surface area contributed by atoms with Crippen LogP contribution >= 0.6 is 11.3 Å². The van der Waals surface area contributed by atoms with E-state index in [1.54, 1.807) is 18.2 Å². The number of nitrogens with zero attached hydrogens (tertiary/aromatic N) is 2. The summed E-state index contributed by atoms with van der Waals surface area (Å²) in [5, 5.41) is 13.9. The first-order chi connectivity index (χ1) is 12.0. The molecule has 128 valence electrons. The van der Waals surface area contributed by atoms with Crippen LogP contribution in [0.3, 0.4) is 0 Å². The minimum absolute atomic E-state index is 0.203. The molecule has 0 bridgehead atoms. The Kier molecular flexibility index (Phi) is 3.76. The van der Waals surface area contributed by atoms with Crippen LogP contribution in [0.2, 0.25) is 0 Å². The Bertz CT molecular complexity index is 1000. The molecule has 0 saturated carbocycles. The smallest absolute Gasteiger partial charge is 0.407 e. The van der Waals surface area contributed by atoms with E-state index in [9.17, 15) is 14.0 Å². The number of benzene rings is 2. The van der Waals surface area contributed by atoms with Gasteiger partial charge in [0.1, 0.15) is 5.82 Å². The molecule has 0 spiro atoms. The highest BCUT2D eigenvalue weighted by Gasteiger charge is 2.31. The van der Waals surface area contributed by atoms with Gasteiger partial charge in [0.2, 0.25) is 5.91 Å². The zero-order valence-corrected chi connectivity index (χ0v) is 13.8. The number of amides is 2. The van der Waals surface area contributed by atoms with Crippen molar-refractivity contribution in [2.75, 3.05) is 18.4 Å². The van der Waals surface area contributed by atoms with Gasteiger partial charge in [-0.3, -0.25) is 4.79 Å². The molecule has 4 rings (SSSR count). The zero-order chi connectivity index (χ0) is 17.6. The van der Waals surface area contributed by atoms with Crippen molar-refractivity contribution in [2.45, 2.75) is 6.42 Å². The molecule has 25 heavy (non-hydrogen) atoms. The zero-order valence-electron chi connectivity index (χ0n) is 13.0. The largest absolute Gasteiger partial charge is 0.465 e. The van der Waals surface area contributed by atoms with E-state index in [0.29, 0.717) is 18.1 Å². The lowest BCUT2D eigenvalue weighted by atomic mass is 10.1. The second kappa shape index (κ2) is 5.96. The lowest BCUT2D eigenvalue weighted by molar-refractivity contribution is -0.119. The summed E-state index contributed by atoms with van der Waals surface area (Å²) in [5.74, 6) is -0.888. The lowest BCUT2D eigenvalue weighted by Crippen LogP contribution is -2.30. The van der Waals surface area contributed by atoms with E-state index >= 15 is 0 Å². The highest BCUT2D eigenvalue weighted by molar-refractivity contribution is 7.23. The Labute approximate surface area is 145 Å². The minimum atomic E-state index is -1.01. The Morgan fingerprint density at radius 3 is 2.92 bits per heavy atom. The molecule has 2 aromatic carbocycles. The maximum Gasteiger partial charge on any atom is 0.407 e. The van der Waals surface area contributed by atoms with E-state index in [1.165, 1.54) is 28.4 Å². The standard InChI is InChI=1S/C17H14FN3O3S/c18-11-2-3-12-9(7-11)1-4-13-14(12)25-16(19-13)20-15(22)10-5-6-21(8-10)17(23)24/h1-4,7,10H,5-6,8H2,(H,23,24)(H,19,20,22). The number of carboxylic acid groups (broad SMARTS) is 1. The number of likely N-dealkylation sites (tertiary alicyclic amines) is 1. The number of rotatable bonds is 2. The van der Waals surface area contributed by atoms with Gasteiger partial charge in [0.15, 0.2) is 5.13 Å². The summed E-state index contributed by atoms with van der Waals surface area (Å²) >= 11 is 1.33. The van der Waals surface area contributed by atoms with Crippen molar-refractivity contribution in [1.29, 1.82) is 0 Å². The number of nitrogens with one attached hydrogen (secondary N) is 1. The van der Waals surface area contributed by atoms with Crippen LogP contribution in [-0.4, -0.2) is 40.1 Å². The molecule has 1 unspecified atom stereocenters. The Hall–Kier alpha value is -2.74. The number of fused-ring (bicyclic) bond motifs is 3. The van der Waals surface area contributed by atoms with Gasteiger partial charge in [0.05, 0.1) is 16.1 Å². The van der Waals surface area contributed by atoms with E-state index in [-0.39, 0.29) is 24.2 Å². The minimum Gasteiger partial charge on any atom is -0.465 e. The first-order valence-corrected chi connectivity index (χ1v) is 8.60. The molecule has 1 fully saturated rings. The molecule has 3 aromatic rings. The molecule has 2 amide bonds. The van der Waals surface area contributed by atoms with E-state index in [0.717, 1.165) is 21.0 Å².